The highest BCUT2D eigenvalue weighted by Gasteiger charge is 2.12. The zero-order valence-electron chi connectivity index (χ0n) is 12.3. The SMILES string of the molecule is O=C(COc1ccc2c(c1)CCC2)Nc1cccc(CO)c1. The summed E-state index contributed by atoms with van der Waals surface area (Å²) in [7, 11) is 0. The van der Waals surface area contributed by atoms with Crippen molar-refractivity contribution in [3.63, 3.8) is 0 Å². The summed E-state index contributed by atoms with van der Waals surface area (Å²) in [5.74, 6) is 0.524. The van der Waals surface area contributed by atoms with Gasteiger partial charge in [0.05, 0.1) is 6.61 Å². The van der Waals surface area contributed by atoms with Gasteiger partial charge in [0.15, 0.2) is 6.61 Å². The van der Waals surface area contributed by atoms with Gasteiger partial charge < -0.3 is 15.2 Å². The lowest BCUT2D eigenvalue weighted by Gasteiger charge is -2.09. The third-order valence-electron chi connectivity index (χ3n) is 3.83. The molecule has 0 heterocycles. The molecule has 0 fully saturated rings. The largest absolute Gasteiger partial charge is 0.484 e. The highest BCUT2D eigenvalue weighted by atomic mass is 16.5. The number of fused-ring (bicyclic) bond motifs is 1. The van der Waals surface area contributed by atoms with Crippen LogP contribution < -0.4 is 10.1 Å². The van der Waals surface area contributed by atoms with Crippen LogP contribution in [0.15, 0.2) is 42.5 Å². The van der Waals surface area contributed by atoms with Crippen LogP contribution in [0.25, 0.3) is 0 Å². The summed E-state index contributed by atoms with van der Waals surface area (Å²) < 4.78 is 5.56. The summed E-state index contributed by atoms with van der Waals surface area (Å²) in [6.07, 6.45) is 3.42. The molecule has 1 aliphatic carbocycles. The smallest absolute Gasteiger partial charge is 0.262 e. The minimum absolute atomic E-state index is 0.0257. The first-order valence-corrected chi connectivity index (χ1v) is 7.49. The van der Waals surface area contributed by atoms with Crippen molar-refractivity contribution in [1.82, 2.24) is 0 Å². The standard InChI is InChI=1S/C18H19NO3/c20-11-13-3-1-6-16(9-13)19-18(21)12-22-17-8-7-14-4-2-5-15(14)10-17/h1,3,6-10,20H,2,4-5,11-12H2,(H,19,21). The van der Waals surface area contributed by atoms with E-state index in [0.29, 0.717) is 5.69 Å². The van der Waals surface area contributed by atoms with Crippen molar-refractivity contribution in [1.29, 1.82) is 0 Å². The Morgan fingerprint density at radius 2 is 2.00 bits per heavy atom. The lowest BCUT2D eigenvalue weighted by atomic mass is 10.1. The Kier molecular flexibility index (Phi) is 4.39. The second kappa shape index (κ2) is 6.62. The maximum atomic E-state index is 11.9. The number of benzene rings is 2. The van der Waals surface area contributed by atoms with Gasteiger partial charge in [-0.15, -0.1) is 0 Å². The number of anilines is 1. The number of carbonyl (C=O) groups excluding carboxylic acids is 1. The van der Waals surface area contributed by atoms with Crippen LogP contribution in [0, 0.1) is 0 Å². The quantitative estimate of drug-likeness (QED) is 0.892. The zero-order chi connectivity index (χ0) is 15.4. The molecule has 1 aliphatic rings. The van der Waals surface area contributed by atoms with Crippen LogP contribution in [0.2, 0.25) is 0 Å². The van der Waals surface area contributed by atoms with Crippen LogP contribution in [-0.2, 0) is 24.2 Å². The molecule has 4 heteroatoms. The molecule has 2 N–H and O–H groups in total. The van der Waals surface area contributed by atoms with Gasteiger partial charge in [0, 0.05) is 5.69 Å². The predicted octanol–water partition coefficient (Wildman–Crippen LogP) is 2.69. The molecule has 0 atom stereocenters. The number of nitrogens with one attached hydrogen (secondary N) is 1. The second-order valence-electron chi connectivity index (χ2n) is 5.48. The van der Waals surface area contributed by atoms with Crippen LogP contribution in [0.5, 0.6) is 5.75 Å². The summed E-state index contributed by atoms with van der Waals surface area (Å²) in [5, 5.41) is 11.9. The maximum Gasteiger partial charge on any atom is 0.262 e. The van der Waals surface area contributed by atoms with E-state index in [9.17, 15) is 4.79 Å². The van der Waals surface area contributed by atoms with Crippen molar-refractivity contribution < 1.29 is 14.6 Å². The molecular weight excluding hydrogens is 278 g/mol. The van der Waals surface area contributed by atoms with Crippen LogP contribution in [0.4, 0.5) is 5.69 Å². The Morgan fingerprint density at radius 1 is 1.14 bits per heavy atom. The van der Waals surface area contributed by atoms with Gasteiger partial charge in [-0.3, -0.25) is 4.79 Å². The van der Waals surface area contributed by atoms with Crippen molar-refractivity contribution in [3.05, 3.63) is 59.2 Å². The fourth-order valence-electron chi connectivity index (χ4n) is 2.73. The van der Waals surface area contributed by atoms with Crippen LogP contribution in [0.3, 0.4) is 0 Å². The van der Waals surface area contributed by atoms with Gasteiger partial charge in [-0.1, -0.05) is 18.2 Å². The average molecular weight is 297 g/mol. The number of amides is 1. The highest BCUT2D eigenvalue weighted by molar-refractivity contribution is 5.91. The molecule has 0 saturated carbocycles. The zero-order valence-corrected chi connectivity index (χ0v) is 12.3. The third-order valence-corrected chi connectivity index (χ3v) is 3.83. The van der Waals surface area contributed by atoms with E-state index in [1.54, 1.807) is 24.3 Å². The van der Waals surface area contributed by atoms with Crippen molar-refractivity contribution in [2.45, 2.75) is 25.9 Å². The van der Waals surface area contributed by atoms with Gasteiger partial charge in [-0.05, 0) is 60.2 Å². The molecule has 2 aromatic rings. The molecule has 1 amide bonds. The highest BCUT2D eigenvalue weighted by Crippen LogP contribution is 2.26. The molecule has 0 bridgehead atoms. The van der Waals surface area contributed by atoms with E-state index >= 15 is 0 Å². The number of aryl methyl sites for hydroxylation is 2. The number of carbonyl (C=O) groups is 1. The minimum atomic E-state index is -0.212. The van der Waals surface area contributed by atoms with Crippen molar-refractivity contribution >= 4 is 11.6 Å². The Bertz CT molecular complexity index is 682. The summed E-state index contributed by atoms with van der Waals surface area (Å²) in [5.41, 5.74) is 4.14. The van der Waals surface area contributed by atoms with Crippen molar-refractivity contribution in [3.8, 4) is 5.75 Å². The molecule has 0 saturated heterocycles. The lowest BCUT2D eigenvalue weighted by molar-refractivity contribution is -0.118. The number of hydrogen-bond acceptors (Lipinski definition) is 3. The Labute approximate surface area is 129 Å². The van der Waals surface area contributed by atoms with Gasteiger partial charge in [-0.2, -0.15) is 0 Å². The lowest BCUT2D eigenvalue weighted by Crippen LogP contribution is -2.20. The number of aliphatic hydroxyl groups excluding tert-OH is 1. The minimum Gasteiger partial charge on any atom is -0.484 e. The van der Waals surface area contributed by atoms with Gasteiger partial charge >= 0.3 is 0 Å². The molecule has 0 unspecified atom stereocenters. The molecule has 0 aromatic heterocycles. The summed E-state index contributed by atoms with van der Waals surface area (Å²) in [6, 6.07) is 13.2. The van der Waals surface area contributed by atoms with Gasteiger partial charge in [0.2, 0.25) is 0 Å². The van der Waals surface area contributed by atoms with Crippen molar-refractivity contribution in [2.75, 3.05) is 11.9 Å². The van der Waals surface area contributed by atoms with Crippen LogP contribution in [-0.4, -0.2) is 17.6 Å². The van der Waals surface area contributed by atoms with Crippen LogP contribution >= 0.6 is 0 Å². The molecule has 3 rings (SSSR count). The first kappa shape index (κ1) is 14.6. The Hall–Kier alpha value is -2.33. The van der Waals surface area contributed by atoms with Gasteiger partial charge in [0.25, 0.3) is 5.91 Å². The first-order chi connectivity index (χ1) is 10.7. The third kappa shape index (κ3) is 3.46. The fourth-order valence-corrected chi connectivity index (χ4v) is 2.73. The van der Waals surface area contributed by atoms with Gasteiger partial charge in [-0.25, -0.2) is 0 Å². The molecule has 2 aromatic carbocycles. The molecule has 0 radical (unpaired) electrons. The molecule has 22 heavy (non-hydrogen) atoms. The molecule has 0 spiro atoms. The van der Waals surface area contributed by atoms with E-state index in [-0.39, 0.29) is 19.1 Å². The first-order valence-electron chi connectivity index (χ1n) is 7.49. The summed E-state index contributed by atoms with van der Waals surface area (Å²) >= 11 is 0. The number of ether oxygens (including phenoxy) is 1. The Morgan fingerprint density at radius 3 is 2.86 bits per heavy atom. The van der Waals surface area contributed by atoms with E-state index < -0.39 is 0 Å². The van der Waals surface area contributed by atoms with Crippen LogP contribution in [0.1, 0.15) is 23.1 Å². The average Bonchev–Trinajstić information content (AvgIpc) is 3.00. The molecule has 0 aliphatic heterocycles. The predicted molar refractivity (Wildman–Crippen MR) is 85.0 cm³/mol. The van der Waals surface area contributed by atoms with E-state index in [1.165, 1.54) is 17.5 Å². The van der Waals surface area contributed by atoms with Crippen molar-refractivity contribution in [2.24, 2.45) is 0 Å². The number of hydrogen-bond donors (Lipinski definition) is 2. The van der Waals surface area contributed by atoms with Gasteiger partial charge in [0.1, 0.15) is 5.75 Å². The van der Waals surface area contributed by atoms with E-state index in [0.717, 1.165) is 24.2 Å². The Balaban J connectivity index is 1.56. The molecular formula is C18H19NO3. The molecule has 4 nitrogen and oxygen atoms in total. The number of aliphatic hydroxyl groups is 1. The van der Waals surface area contributed by atoms with E-state index in [4.69, 9.17) is 9.84 Å². The second-order valence-corrected chi connectivity index (χ2v) is 5.48. The fraction of sp³-hybridized carbons (Fsp3) is 0.278. The topological polar surface area (TPSA) is 58.6 Å². The van der Waals surface area contributed by atoms with E-state index in [2.05, 4.69) is 11.4 Å². The summed E-state index contributed by atoms with van der Waals surface area (Å²) in [4.78, 5) is 11.9. The normalized spacial score (nSPS) is 12.8. The number of rotatable bonds is 5. The molecule has 114 valence electrons. The maximum absolute atomic E-state index is 11.9. The van der Waals surface area contributed by atoms with E-state index in [1.807, 2.05) is 12.1 Å². The summed E-state index contributed by atoms with van der Waals surface area (Å²) in [6.45, 7) is -0.0719. The monoisotopic (exact) mass is 297 g/mol.